The van der Waals surface area contributed by atoms with Crippen molar-refractivity contribution in [3.63, 3.8) is 0 Å². The van der Waals surface area contributed by atoms with Gasteiger partial charge in [-0.2, -0.15) is 0 Å². The van der Waals surface area contributed by atoms with Gasteiger partial charge >= 0.3 is 0 Å². The van der Waals surface area contributed by atoms with E-state index in [0.29, 0.717) is 18.6 Å². The van der Waals surface area contributed by atoms with Crippen molar-refractivity contribution in [3.8, 4) is 5.75 Å². The quantitative estimate of drug-likeness (QED) is 0.842. The molecule has 1 saturated carbocycles. The standard InChI is InChI=1S/C15H24N2O/c1-2-18-14-9-7-13(8-10-14)17-15-6-4-3-5-12(15)11-16/h7-10,12,15,17H,2-6,11,16H2,1H3. The van der Waals surface area contributed by atoms with Crippen LogP contribution in [0.5, 0.6) is 5.75 Å². The minimum Gasteiger partial charge on any atom is -0.494 e. The Morgan fingerprint density at radius 2 is 1.94 bits per heavy atom. The molecule has 1 aliphatic rings. The summed E-state index contributed by atoms with van der Waals surface area (Å²) >= 11 is 0. The van der Waals surface area contributed by atoms with Crippen molar-refractivity contribution in [2.75, 3.05) is 18.5 Å². The molecule has 2 unspecified atom stereocenters. The zero-order valence-corrected chi connectivity index (χ0v) is 11.2. The molecule has 3 N–H and O–H groups in total. The molecular formula is C15H24N2O. The highest BCUT2D eigenvalue weighted by atomic mass is 16.5. The van der Waals surface area contributed by atoms with Gasteiger partial charge in [-0.15, -0.1) is 0 Å². The van der Waals surface area contributed by atoms with Gasteiger partial charge in [0.05, 0.1) is 6.61 Å². The van der Waals surface area contributed by atoms with Crippen LogP contribution in [0.15, 0.2) is 24.3 Å². The molecule has 1 fully saturated rings. The van der Waals surface area contributed by atoms with Gasteiger partial charge in [-0.25, -0.2) is 0 Å². The van der Waals surface area contributed by atoms with Gasteiger partial charge in [-0.1, -0.05) is 12.8 Å². The van der Waals surface area contributed by atoms with Crippen LogP contribution in [0, 0.1) is 5.92 Å². The Hall–Kier alpha value is -1.22. The zero-order valence-electron chi connectivity index (χ0n) is 11.2. The average Bonchev–Trinajstić information content (AvgIpc) is 2.42. The van der Waals surface area contributed by atoms with E-state index in [2.05, 4.69) is 17.4 Å². The second kappa shape index (κ2) is 6.64. The summed E-state index contributed by atoms with van der Waals surface area (Å²) in [7, 11) is 0. The SMILES string of the molecule is CCOc1ccc(NC2CCCCC2CN)cc1. The lowest BCUT2D eigenvalue weighted by Crippen LogP contribution is -2.36. The molecule has 0 spiro atoms. The van der Waals surface area contributed by atoms with Crippen molar-refractivity contribution < 1.29 is 4.74 Å². The smallest absolute Gasteiger partial charge is 0.119 e. The van der Waals surface area contributed by atoms with E-state index in [-0.39, 0.29) is 0 Å². The molecule has 0 heterocycles. The maximum atomic E-state index is 5.85. The molecule has 0 saturated heterocycles. The van der Waals surface area contributed by atoms with Crippen LogP contribution in [-0.2, 0) is 0 Å². The summed E-state index contributed by atoms with van der Waals surface area (Å²) in [5.41, 5.74) is 7.02. The van der Waals surface area contributed by atoms with Crippen molar-refractivity contribution in [1.82, 2.24) is 0 Å². The van der Waals surface area contributed by atoms with Crippen molar-refractivity contribution in [2.24, 2.45) is 11.7 Å². The van der Waals surface area contributed by atoms with Crippen LogP contribution in [0.3, 0.4) is 0 Å². The molecule has 0 amide bonds. The largest absolute Gasteiger partial charge is 0.494 e. The highest BCUT2D eigenvalue weighted by Crippen LogP contribution is 2.27. The first-order chi connectivity index (χ1) is 8.83. The molecule has 3 heteroatoms. The highest BCUT2D eigenvalue weighted by molar-refractivity contribution is 5.47. The molecule has 18 heavy (non-hydrogen) atoms. The van der Waals surface area contributed by atoms with E-state index in [0.717, 1.165) is 12.3 Å². The monoisotopic (exact) mass is 248 g/mol. The molecule has 100 valence electrons. The fourth-order valence-corrected chi connectivity index (χ4v) is 2.71. The number of hydrogen-bond acceptors (Lipinski definition) is 3. The summed E-state index contributed by atoms with van der Waals surface area (Å²) in [5.74, 6) is 1.55. The van der Waals surface area contributed by atoms with E-state index >= 15 is 0 Å². The Kier molecular flexibility index (Phi) is 4.88. The first-order valence-corrected chi connectivity index (χ1v) is 7.03. The summed E-state index contributed by atoms with van der Waals surface area (Å²) < 4.78 is 5.45. The Labute approximate surface area is 110 Å². The topological polar surface area (TPSA) is 47.3 Å². The van der Waals surface area contributed by atoms with Crippen molar-refractivity contribution in [3.05, 3.63) is 24.3 Å². The third kappa shape index (κ3) is 3.39. The highest BCUT2D eigenvalue weighted by Gasteiger charge is 2.23. The third-order valence-corrected chi connectivity index (χ3v) is 3.73. The molecule has 0 aromatic heterocycles. The lowest BCUT2D eigenvalue weighted by molar-refractivity contribution is 0.332. The Morgan fingerprint density at radius 1 is 1.22 bits per heavy atom. The van der Waals surface area contributed by atoms with Gasteiger partial charge in [-0.05, 0) is 56.5 Å². The van der Waals surface area contributed by atoms with Gasteiger partial charge in [0.1, 0.15) is 5.75 Å². The molecule has 2 atom stereocenters. The lowest BCUT2D eigenvalue weighted by atomic mass is 9.84. The maximum absolute atomic E-state index is 5.85. The van der Waals surface area contributed by atoms with E-state index in [1.807, 2.05) is 19.1 Å². The predicted octanol–water partition coefficient (Wildman–Crippen LogP) is 3.01. The van der Waals surface area contributed by atoms with Crippen molar-refractivity contribution >= 4 is 5.69 Å². The second-order valence-corrected chi connectivity index (χ2v) is 4.99. The third-order valence-electron chi connectivity index (χ3n) is 3.73. The average molecular weight is 248 g/mol. The van der Waals surface area contributed by atoms with Gasteiger partial charge in [0, 0.05) is 11.7 Å². The van der Waals surface area contributed by atoms with Crippen LogP contribution in [-0.4, -0.2) is 19.2 Å². The molecule has 2 rings (SSSR count). The van der Waals surface area contributed by atoms with Crippen LogP contribution >= 0.6 is 0 Å². The molecule has 3 nitrogen and oxygen atoms in total. The Bertz CT molecular complexity index is 350. The summed E-state index contributed by atoms with van der Waals surface area (Å²) in [4.78, 5) is 0. The summed E-state index contributed by atoms with van der Waals surface area (Å²) in [5, 5.41) is 3.62. The van der Waals surface area contributed by atoms with Crippen molar-refractivity contribution in [2.45, 2.75) is 38.6 Å². The van der Waals surface area contributed by atoms with Crippen LogP contribution in [0.2, 0.25) is 0 Å². The first-order valence-electron chi connectivity index (χ1n) is 7.03. The number of benzene rings is 1. The molecule has 1 aliphatic carbocycles. The summed E-state index contributed by atoms with van der Waals surface area (Å²) in [6, 6.07) is 8.75. The number of hydrogen-bond donors (Lipinski definition) is 2. The Morgan fingerprint density at radius 3 is 2.61 bits per heavy atom. The normalized spacial score (nSPS) is 23.7. The number of nitrogens with two attached hydrogens (primary N) is 1. The molecular weight excluding hydrogens is 224 g/mol. The van der Waals surface area contributed by atoms with Crippen LogP contribution in [0.4, 0.5) is 5.69 Å². The first kappa shape index (κ1) is 13.2. The van der Waals surface area contributed by atoms with Gasteiger partial charge in [-0.3, -0.25) is 0 Å². The van der Waals surface area contributed by atoms with E-state index in [9.17, 15) is 0 Å². The van der Waals surface area contributed by atoms with Crippen LogP contribution < -0.4 is 15.8 Å². The zero-order chi connectivity index (χ0) is 12.8. The minimum atomic E-state index is 0.529. The number of nitrogens with one attached hydrogen (secondary N) is 1. The fraction of sp³-hybridized carbons (Fsp3) is 0.600. The molecule has 1 aromatic rings. The van der Waals surface area contributed by atoms with Crippen LogP contribution in [0.1, 0.15) is 32.6 Å². The molecule has 0 bridgehead atoms. The van der Waals surface area contributed by atoms with E-state index in [1.54, 1.807) is 0 Å². The second-order valence-electron chi connectivity index (χ2n) is 4.99. The maximum Gasteiger partial charge on any atom is 0.119 e. The van der Waals surface area contributed by atoms with Crippen LogP contribution in [0.25, 0.3) is 0 Å². The number of ether oxygens (including phenoxy) is 1. The summed E-state index contributed by atoms with van der Waals surface area (Å²) in [6.45, 7) is 3.50. The van der Waals surface area contributed by atoms with Gasteiger partial charge in [0.25, 0.3) is 0 Å². The van der Waals surface area contributed by atoms with E-state index in [4.69, 9.17) is 10.5 Å². The number of anilines is 1. The van der Waals surface area contributed by atoms with Crippen molar-refractivity contribution in [1.29, 1.82) is 0 Å². The van der Waals surface area contributed by atoms with Gasteiger partial charge in [0.15, 0.2) is 0 Å². The summed E-state index contributed by atoms with van der Waals surface area (Å²) in [6.07, 6.45) is 5.12. The van der Waals surface area contributed by atoms with E-state index < -0.39 is 0 Å². The fourth-order valence-electron chi connectivity index (χ4n) is 2.71. The van der Waals surface area contributed by atoms with Gasteiger partial charge in [0.2, 0.25) is 0 Å². The molecule has 0 aliphatic heterocycles. The Balaban J connectivity index is 1.95. The predicted molar refractivity (Wildman–Crippen MR) is 76.0 cm³/mol. The minimum absolute atomic E-state index is 0.529. The molecule has 0 radical (unpaired) electrons. The molecule has 1 aromatic carbocycles. The van der Waals surface area contributed by atoms with Gasteiger partial charge < -0.3 is 15.8 Å². The van der Waals surface area contributed by atoms with E-state index in [1.165, 1.54) is 31.4 Å². The lowest BCUT2D eigenvalue weighted by Gasteiger charge is -2.32. The number of rotatable bonds is 5.